The lowest BCUT2D eigenvalue weighted by atomic mass is 9.97. The minimum absolute atomic E-state index is 0.369. The van der Waals surface area contributed by atoms with Crippen molar-refractivity contribution in [1.82, 2.24) is 5.32 Å². The van der Waals surface area contributed by atoms with E-state index in [-0.39, 0.29) is 0 Å². The van der Waals surface area contributed by atoms with Crippen LogP contribution in [0.5, 0.6) is 0 Å². The highest BCUT2D eigenvalue weighted by atomic mass is 16.5. The number of furan rings is 1. The largest absolute Gasteiger partial charge is 0.462 e. The molecule has 3 nitrogen and oxygen atoms in total. The summed E-state index contributed by atoms with van der Waals surface area (Å²) in [6, 6.07) is 4.51. The first-order valence-electron chi connectivity index (χ1n) is 7.64. The molecule has 108 valence electrons. The van der Waals surface area contributed by atoms with Gasteiger partial charge in [-0.3, -0.25) is 0 Å². The molecule has 19 heavy (non-hydrogen) atoms. The van der Waals surface area contributed by atoms with Crippen LogP contribution in [0.2, 0.25) is 0 Å². The van der Waals surface area contributed by atoms with Crippen molar-refractivity contribution >= 4 is 0 Å². The van der Waals surface area contributed by atoms with E-state index in [4.69, 9.17) is 9.15 Å². The van der Waals surface area contributed by atoms with Crippen molar-refractivity contribution in [3.63, 3.8) is 0 Å². The summed E-state index contributed by atoms with van der Waals surface area (Å²) in [5.41, 5.74) is 0. The lowest BCUT2D eigenvalue weighted by molar-refractivity contribution is 0.160. The lowest BCUT2D eigenvalue weighted by Crippen LogP contribution is -2.23. The highest BCUT2D eigenvalue weighted by molar-refractivity contribution is 5.10. The van der Waals surface area contributed by atoms with Crippen LogP contribution in [0.15, 0.2) is 16.5 Å². The van der Waals surface area contributed by atoms with Crippen molar-refractivity contribution in [3.8, 4) is 0 Å². The number of hydrogen-bond donors (Lipinski definition) is 1. The molecule has 0 aromatic carbocycles. The first-order valence-corrected chi connectivity index (χ1v) is 7.64. The Balaban J connectivity index is 1.97. The topological polar surface area (TPSA) is 34.4 Å². The Morgan fingerprint density at radius 3 is 2.84 bits per heavy atom. The summed E-state index contributed by atoms with van der Waals surface area (Å²) in [5.74, 6) is 2.87. The fourth-order valence-electron chi connectivity index (χ4n) is 3.00. The summed E-state index contributed by atoms with van der Waals surface area (Å²) >= 11 is 0. The van der Waals surface area contributed by atoms with E-state index < -0.39 is 0 Å². The van der Waals surface area contributed by atoms with Gasteiger partial charge >= 0.3 is 0 Å². The molecule has 1 aromatic heterocycles. The Morgan fingerprint density at radius 2 is 2.16 bits per heavy atom. The van der Waals surface area contributed by atoms with E-state index in [2.05, 4.69) is 18.3 Å². The first-order chi connectivity index (χ1) is 9.33. The van der Waals surface area contributed by atoms with Crippen LogP contribution < -0.4 is 5.32 Å². The molecule has 1 saturated carbocycles. The lowest BCUT2D eigenvalue weighted by Gasteiger charge is -2.20. The van der Waals surface area contributed by atoms with Crippen molar-refractivity contribution in [1.29, 1.82) is 0 Å². The molecule has 1 unspecified atom stereocenters. The summed E-state index contributed by atoms with van der Waals surface area (Å²) in [6.45, 7) is 3.82. The molecule has 1 aliphatic carbocycles. The average Bonchev–Trinajstić information content (AvgIpc) is 3.06. The van der Waals surface area contributed by atoms with Crippen LogP contribution in [0.4, 0.5) is 0 Å². The van der Waals surface area contributed by atoms with Gasteiger partial charge in [-0.05, 0) is 37.4 Å². The zero-order chi connectivity index (χ0) is 13.5. The Kier molecular flexibility index (Phi) is 5.93. The van der Waals surface area contributed by atoms with Crippen molar-refractivity contribution in [3.05, 3.63) is 23.7 Å². The summed E-state index contributed by atoms with van der Waals surface area (Å²) < 4.78 is 11.0. The molecule has 1 aromatic rings. The van der Waals surface area contributed by atoms with Crippen LogP contribution in [-0.4, -0.2) is 13.7 Å². The Hall–Kier alpha value is -0.800. The third-order valence-corrected chi connectivity index (χ3v) is 4.00. The maximum Gasteiger partial charge on any atom is 0.129 e. The minimum atomic E-state index is 0.369. The highest BCUT2D eigenvalue weighted by Gasteiger charge is 2.23. The Labute approximate surface area is 116 Å². The van der Waals surface area contributed by atoms with Gasteiger partial charge in [-0.25, -0.2) is 0 Å². The van der Waals surface area contributed by atoms with E-state index in [1.165, 1.54) is 32.1 Å². The van der Waals surface area contributed by atoms with Gasteiger partial charge in [-0.1, -0.05) is 32.6 Å². The van der Waals surface area contributed by atoms with Crippen molar-refractivity contribution in [2.45, 2.75) is 58.1 Å². The molecule has 1 heterocycles. The molecule has 0 aliphatic heterocycles. The maximum atomic E-state index is 5.91. The predicted molar refractivity (Wildman–Crippen MR) is 77.0 cm³/mol. The maximum absolute atomic E-state index is 5.91. The molecule has 0 saturated heterocycles. The molecule has 0 spiro atoms. The van der Waals surface area contributed by atoms with Crippen LogP contribution in [0, 0.1) is 5.92 Å². The summed E-state index contributed by atoms with van der Waals surface area (Å²) in [7, 11) is 1.70. The second-order valence-corrected chi connectivity index (χ2v) is 5.63. The van der Waals surface area contributed by atoms with Gasteiger partial charge in [0.15, 0.2) is 0 Å². The summed E-state index contributed by atoms with van der Waals surface area (Å²) in [5, 5.41) is 3.63. The zero-order valence-electron chi connectivity index (χ0n) is 12.3. The first kappa shape index (κ1) is 14.6. The number of rotatable bonds is 8. The molecule has 1 N–H and O–H groups in total. The molecule has 1 fully saturated rings. The minimum Gasteiger partial charge on any atom is -0.462 e. The van der Waals surface area contributed by atoms with Crippen LogP contribution in [0.1, 0.15) is 63.0 Å². The summed E-state index contributed by atoms with van der Waals surface area (Å²) in [6.07, 6.45) is 7.94. The van der Waals surface area contributed by atoms with Crippen LogP contribution >= 0.6 is 0 Å². The third-order valence-electron chi connectivity index (χ3n) is 4.00. The molecule has 3 heteroatoms. The second kappa shape index (κ2) is 7.71. The predicted octanol–water partition coefficient (Wildman–Crippen LogP) is 4.05. The van der Waals surface area contributed by atoms with Crippen molar-refractivity contribution in [2.24, 2.45) is 5.92 Å². The molecule has 0 amide bonds. The fraction of sp³-hybridized carbons (Fsp3) is 0.750. The SMILES string of the molecule is CCCNC(CC1CCCC1)c1ccc(COC)o1. The normalized spacial score (nSPS) is 18.0. The van der Waals surface area contributed by atoms with E-state index in [0.29, 0.717) is 12.6 Å². The zero-order valence-corrected chi connectivity index (χ0v) is 12.3. The molecule has 2 rings (SSSR count). The molecule has 1 aliphatic rings. The standard InChI is InChI=1S/C16H27NO2/c1-3-10-17-15(11-13-6-4-5-7-13)16-9-8-14(19-16)12-18-2/h8-9,13,15,17H,3-7,10-12H2,1-2H3. The fourth-order valence-corrected chi connectivity index (χ4v) is 3.00. The van der Waals surface area contributed by atoms with Gasteiger partial charge in [0.2, 0.25) is 0 Å². The van der Waals surface area contributed by atoms with Gasteiger partial charge < -0.3 is 14.5 Å². The Bertz CT molecular complexity index is 355. The smallest absolute Gasteiger partial charge is 0.129 e. The van der Waals surface area contributed by atoms with Gasteiger partial charge in [-0.2, -0.15) is 0 Å². The molecule has 0 radical (unpaired) electrons. The Morgan fingerprint density at radius 1 is 1.37 bits per heavy atom. The highest BCUT2D eigenvalue weighted by Crippen LogP contribution is 2.33. The van der Waals surface area contributed by atoms with E-state index >= 15 is 0 Å². The molecule has 1 atom stereocenters. The number of ether oxygens (including phenoxy) is 1. The van der Waals surface area contributed by atoms with Crippen LogP contribution in [0.3, 0.4) is 0 Å². The van der Waals surface area contributed by atoms with Crippen LogP contribution in [-0.2, 0) is 11.3 Å². The van der Waals surface area contributed by atoms with E-state index in [9.17, 15) is 0 Å². The van der Waals surface area contributed by atoms with E-state index in [1.807, 2.05) is 6.07 Å². The quantitative estimate of drug-likeness (QED) is 0.770. The number of hydrogen-bond acceptors (Lipinski definition) is 3. The molecule has 0 bridgehead atoms. The number of nitrogens with one attached hydrogen (secondary N) is 1. The average molecular weight is 265 g/mol. The van der Waals surface area contributed by atoms with Gasteiger partial charge in [0.1, 0.15) is 18.1 Å². The van der Waals surface area contributed by atoms with Crippen LogP contribution in [0.25, 0.3) is 0 Å². The second-order valence-electron chi connectivity index (χ2n) is 5.63. The van der Waals surface area contributed by atoms with Gasteiger partial charge in [0, 0.05) is 7.11 Å². The third kappa shape index (κ3) is 4.36. The van der Waals surface area contributed by atoms with Crippen molar-refractivity contribution in [2.75, 3.05) is 13.7 Å². The molecular weight excluding hydrogens is 238 g/mol. The van der Waals surface area contributed by atoms with Gasteiger partial charge in [-0.15, -0.1) is 0 Å². The van der Waals surface area contributed by atoms with Gasteiger partial charge in [0.05, 0.1) is 6.04 Å². The molecular formula is C16H27NO2. The van der Waals surface area contributed by atoms with E-state index in [0.717, 1.165) is 30.4 Å². The van der Waals surface area contributed by atoms with Gasteiger partial charge in [0.25, 0.3) is 0 Å². The monoisotopic (exact) mass is 265 g/mol. The number of methoxy groups -OCH3 is 1. The van der Waals surface area contributed by atoms with Crippen molar-refractivity contribution < 1.29 is 9.15 Å². The summed E-state index contributed by atoms with van der Waals surface area (Å²) in [4.78, 5) is 0. The van der Waals surface area contributed by atoms with E-state index in [1.54, 1.807) is 7.11 Å².